The van der Waals surface area contributed by atoms with Gasteiger partial charge in [-0.2, -0.15) is 0 Å². The van der Waals surface area contributed by atoms with Crippen molar-refractivity contribution in [3.8, 4) is 5.75 Å². The monoisotopic (exact) mass is 333 g/mol. The molecule has 1 rings (SSSR count). The van der Waals surface area contributed by atoms with E-state index in [0.29, 0.717) is 6.54 Å². The molecule has 5 nitrogen and oxygen atoms in total. The first-order chi connectivity index (χ1) is 11.8. The Labute approximate surface area is 146 Å². The fraction of sp³-hybridized carbons (Fsp3) is 0.526. The molecule has 134 valence electrons. The highest BCUT2D eigenvalue weighted by Gasteiger charge is 1.99. The van der Waals surface area contributed by atoms with Gasteiger partial charge < -0.3 is 20.1 Å². The quantitative estimate of drug-likeness (QED) is 0.283. The molecule has 0 radical (unpaired) electrons. The average molecular weight is 333 g/mol. The Morgan fingerprint density at radius 1 is 1.17 bits per heavy atom. The van der Waals surface area contributed by atoms with Gasteiger partial charge in [0.05, 0.1) is 13.7 Å². The predicted octanol–water partition coefficient (Wildman–Crippen LogP) is 3.12. The largest absolute Gasteiger partial charge is 0.497 e. The molecule has 0 fully saturated rings. The molecule has 2 N–H and O–H groups in total. The number of ether oxygens (including phenoxy) is 2. The smallest absolute Gasteiger partial charge is 0.191 e. The number of guanidine groups is 1. The first-order valence-electron chi connectivity index (χ1n) is 8.64. The van der Waals surface area contributed by atoms with Gasteiger partial charge in [0.25, 0.3) is 0 Å². The topological polar surface area (TPSA) is 54.9 Å². The molecule has 0 aromatic heterocycles. The Hall–Kier alpha value is -2.01. The van der Waals surface area contributed by atoms with Crippen LogP contribution in [0.1, 0.15) is 32.3 Å². The van der Waals surface area contributed by atoms with Crippen molar-refractivity contribution in [3.05, 3.63) is 42.0 Å². The van der Waals surface area contributed by atoms with Crippen LogP contribution in [0.2, 0.25) is 0 Å². The lowest BCUT2D eigenvalue weighted by Crippen LogP contribution is -2.38. The molecule has 1 aromatic rings. The average Bonchev–Trinajstić information content (AvgIpc) is 2.62. The third-order valence-electron chi connectivity index (χ3n) is 3.38. The minimum absolute atomic E-state index is 0.633. The third kappa shape index (κ3) is 9.20. The fourth-order valence-electron chi connectivity index (χ4n) is 2.04. The molecular formula is C19H31N3O2. The van der Waals surface area contributed by atoms with Crippen LogP contribution in [0.3, 0.4) is 0 Å². The SMILES string of the molecule is C/C=C/CCNC(=NCc1ccc(OC)cc1)NCCCOCC. The Morgan fingerprint density at radius 2 is 1.92 bits per heavy atom. The van der Waals surface area contributed by atoms with Gasteiger partial charge >= 0.3 is 0 Å². The van der Waals surface area contributed by atoms with Crippen molar-refractivity contribution in [1.29, 1.82) is 0 Å². The van der Waals surface area contributed by atoms with Crippen molar-refractivity contribution < 1.29 is 9.47 Å². The number of aliphatic imine (C=N–C) groups is 1. The van der Waals surface area contributed by atoms with E-state index in [4.69, 9.17) is 9.47 Å². The second-order valence-corrected chi connectivity index (χ2v) is 5.27. The van der Waals surface area contributed by atoms with Gasteiger partial charge in [0.2, 0.25) is 0 Å². The van der Waals surface area contributed by atoms with Crippen LogP contribution in [0.5, 0.6) is 5.75 Å². The Bertz CT molecular complexity index is 484. The van der Waals surface area contributed by atoms with Crippen molar-refractivity contribution in [1.82, 2.24) is 10.6 Å². The second-order valence-electron chi connectivity index (χ2n) is 5.27. The molecular weight excluding hydrogens is 302 g/mol. The minimum atomic E-state index is 0.633. The van der Waals surface area contributed by atoms with Crippen LogP contribution in [0.15, 0.2) is 41.4 Å². The predicted molar refractivity (Wildman–Crippen MR) is 101 cm³/mol. The summed E-state index contributed by atoms with van der Waals surface area (Å²) >= 11 is 0. The summed E-state index contributed by atoms with van der Waals surface area (Å²) in [5, 5.41) is 6.72. The number of nitrogens with zero attached hydrogens (tertiary/aromatic N) is 1. The summed E-state index contributed by atoms with van der Waals surface area (Å²) in [5.74, 6) is 1.70. The first kappa shape index (κ1) is 20.0. The number of nitrogens with one attached hydrogen (secondary N) is 2. The van der Waals surface area contributed by atoms with E-state index in [2.05, 4.69) is 27.8 Å². The summed E-state index contributed by atoms with van der Waals surface area (Å²) in [6.45, 7) is 7.92. The zero-order valence-corrected chi connectivity index (χ0v) is 15.2. The minimum Gasteiger partial charge on any atom is -0.497 e. The molecule has 0 aliphatic rings. The van der Waals surface area contributed by atoms with Crippen LogP contribution in [-0.4, -0.2) is 39.4 Å². The number of rotatable bonds is 11. The lowest BCUT2D eigenvalue weighted by atomic mass is 10.2. The van der Waals surface area contributed by atoms with Crippen LogP contribution in [-0.2, 0) is 11.3 Å². The van der Waals surface area contributed by atoms with Gasteiger partial charge in [-0.05, 0) is 44.4 Å². The summed E-state index contributed by atoms with van der Waals surface area (Å²) in [6.07, 6.45) is 6.15. The van der Waals surface area contributed by atoms with Gasteiger partial charge in [-0.3, -0.25) is 0 Å². The van der Waals surface area contributed by atoms with Crippen molar-refractivity contribution in [2.24, 2.45) is 4.99 Å². The van der Waals surface area contributed by atoms with Crippen LogP contribution in [0.4, 0.5) is 0 Å². The van der Waals surface area contributed by atoms with E-state index in [-0.39, 0.29) is 0 Å². The van der Waals surface area contributed by atoms with Crippen LogP contribution in [0.25, 0.3) is 0 Å². The normalized spacial score (nSPS) is 11.7. The van der Waals surface area contributed by atoms with Crippen molar-refractivity contribution in [2.75, 3.05) is 33.4 Å². The lowest BCUT2D eigenvalue weighted by molar-refractivity contribution is 0.145. The molecule has 0 spiro atoms. The van der Waals surface area contributed by atoms with E-state index in [9.17, 15) is 0 Å². The van der Waals surface area contributed by atoms with Crippen LogP contribution < -0.4 is 15.4 Å². The molecule has 0 unspecified atom stereocenters. The van der Waals surface area contributed by atoms with E-state index in [1.165, 1.54) is 0 Å². The fourth-order valence-corrected chi connectivity index (χ4v) is 2.04. The molecule has 0 amide bonds. The highest BCUT2D eigenvalue weighted by Crippen LogP contribution is 2.11. The van der Waals surface area contributed by atoms with Gasteiger partial charge in [-0.1, -0.05) is 24.3 Å². The Kier molecular flexibility index (Phi) is 11.2. The molecule has 1 aromatic carbocycles. The van der Waals surface area contributed by atoms with E-state index < -0.39 is 0 Å². The number of allylic oxidation sites excluding steroid dienone is 1. The number of benzene rings is 1. The van der Waals surface area contributed by atoms with Crippen molar-refractivity contribution >= 4 is 5.96 Å². The molecule has 0 atom stereocenters. The zero-order valence-electron chi connectivity index (χ0n) is 15.2. The standard InChI is InChI=1S/C19H31N3O2/c1-4-6-7-13-20-19(21-14-8-15-24-5-2)22-16-17-9-11-18(23-3)12-10-17/h4,6,9-12H,5,7-8,13-16H2,1-3H3,(H2,20,21,22)/b6-4+. The molecule has 0 saturated heterocycles. The van der Waals surface area contributed by atoms with Crippen LogP contribution in [0, 0.1) is 0 Å². The van der Waals surface area contributed by atoms with E-state index in [1.54, 1.807) is 7.11 Å². The molecule has 0 bridgehead atoms. The van der Waals surface area contributed by atoms with Gasteiger partial charge in [0.15, 0.2) is 5.96 Å². The highest BCUT2D eigenvalue weighted by atomic mass is 16.5. The molecule has 0 saturated carbocycles. The van der Waals surface area contributed by atoms with E-state index >= 15 is 0 Å². The third-order valence-corrected chi connectivity index (χ3v) is 3.38. The summed E-state index contributed by atoms with van der Waals surface area (Å²) in [6, 6.07) is 7.99. The summed E-state index contributed by atoms with van der Waals surface area (Å²) < 4.78 is 10.5. The Balaban J connectivity index is 2.49. The maximum Gasteiger partial charge on any atom is 0.191 e. The molecule has 0 aliphatic heterocycles. The van der Waals surface area contributed by atoms with Gasteiger partial charge in [-0.25, -0.2) is 4.99 Å². The molecule has 24 heavy (non-hydrogen) atoms. The summed E-state index contributed by atoms with van der Waals surface area (Å²) in [7, 11) is 1.67. The van der Waals surface area contributed by atoms with Gasteiger partial charge in [0.1, 0.15) is 5.75 Å². The van der Waals surface area contributed by atoms with Crippen LogP contribution >= 0.6 is 0 Å². The second kappa shape index (κ2) is 13.4. The molecule has 0 aliphatic carbocycles. The number of hydrogen-bond donors (Lipinski definition) is 2. The summed E-state index contributed by atoms with van der Waals surface area (Å²) in [5.41, 5.74) is 1.15. The maximum atomic E-state index is 5.36. The summed E-state index contributed by atoms with van der Waals surface area (Å²) in [4.78, 5) is 4.65. The van der Waals surface area contributed by atoms with Gasteiger partial charge in [-0.15, -0.1) is 0 Å². The van der Waals surface area contributed by atoms with Gasteiger partial charge in [0, 0.05) is 26.3 Å². The number of methoxy groups -OCH3 is 1. The van der Waals surface area contributed by atoms with E-state index in [1.807, 2.05) is 38.1 Å². The molecule has 5 heteroatoms. The maximum absolute atomic E-state index is 5.36. The molecule has 0 heterocycles. The van der Waals surface area contributed by atoms with E-state index in [0.717, 1.165) is 56.4 Å². The lowest BCUT2D eigenvalue weighted by Gasteiger charge is -2.12. The van der Waals surface area contributed by atoms with Crippen molar-refractivity contribution in [3.63, 3.8) is 0 Å². The Morgan fingerprint density at radius 3 is 2.58 bits per heavy atom. The number of hydrogen-bond acceptors (Lipinski definition) is 3. The zero-order chi connectivity index (χ0) is 17.5. The first-order valence-corrected chi connectivity index (χ1v) is 8.64. The highest BCUT2D eigenvalue weighted by molar-refractivity contribution is 5.79. The van der Waals surface area contributed by atoms with Crippen molar-refractivity contribution in [2.45, 2.75) is 33.2 Å².